The maximum Gasteiger partial charge on any atom is 0.331 e. The summed E-state index contributed by atoms with van der Waals surface area (Å²) in [5, 5.41) is 16.3. The summed E-state index contributed by atoms with van der Waals surface area (Å²) in [6.45, 7) is 2.88. The molecule has 0 spiro atoms. The molecule has 2 rings (SSSR count). The van der Waals surface area contributed by atoms with E-state index < -0.39 is 18.0 Å². The molecule has 1 atom stereocenters. The van der Waals surface area contributed by atoms with Crippen LogP contribution in [0.4, 0.5) is 4.79 Å². The SMILES string of the molecule is CC1CCC(CNC(=O)NC(C(=O)O)c2cccs2)CC1. The Morgan fingerprint density at radius 1 is 1.38 bits per heavy atom. The van der Waals surface area contributed by atoms with Gasteiger partial charge in [0.25, 0.3) is 0 Å². The molecule has 1 aromatic rings. The van der Waals surface area contributed by atoms with Gasteiger partial charge in [0.05, 0.1) is 0 Å². The Labute approximate surface area is 128 Å². The van der Waals surface area contributed by atoms with Crippen LogP contribution in [-0.4, -0.2) is 23.7 Å². The third-order valence-electron chi connectivity index (χ3n) is 4.04. The number of hydrogen-bond donors (Lipinski definition) is 3. The third-order valence-corrected chi connectivity index (χ3v) is 4.97. The van der Waals surface area contributed by atoms with Gasteiger partial charge in [-0.2, -0.15) is 0 Å². The Morgan fingerprint density at radius 3 is 2.67 bits per heavy atom. The molecule has 5 nitrogen and oxygen atoms in total. The highest BCUT2D eigenvalue weighted by Gasteiger charge is 2.24. The van der Waals surface area contributed by atoms with Crippen molar-refractivity contribution in [2.45, 2.75) is 38.6 Å². The third kappa shape index (κ3) is 4.74. The number of thiophene rings is 1. The van der Waals surface area contributed by atoms with Gasteiger partial charge < -0.3 is 15.7 Å². The minimum Gasteiger partial charge on any atom is -0.479 e. The highest BCUT2D eigenvalue weighted by atomic mass is 32.1. The predicted molar refractivity (Wildman–Crippen MR) is 82.4 cm³/mol. The van der Waals surface area contributed by atoms with Crippen molar-refractivity contribution in [3.8, 4) is 0 Å². The van der Waals surface area contributed by atoms with Crippen molar-refractivity contribution in [3.63, 3.8) is 0 Å². The van der Waals surface area contributed by atoms with Gasteiger partial charge in [-0.3, -0.25) is 0 Å². The number of carboxylic acids is 1. The zero-order valence-electron chi connectivity index (χ0n) is 12.2. The predicted octanol–water partition coefficient (Wildman–Crippen LogP) is 3.00. The van der Waals surface area contributed by atoms with Gasteiger partial charge in [-0.1, -0.05) is 25.8 Å². The van der Waals surface area contributed by atoms with E-state index in [2.05, 4.69) is 17.6 Å². The molecule has 1 aromatic heterocycles. The molecule has 1 unspecified atom stereocenters. The van der Waals surface area contributed by atoms with Crippen LogP contribution in [-0.2, 0) is 4.79 Å². The monoisotopic (exact) mass is 310 g/mol. The standard InChI is InChI=1S/C15H22N2O3S/c1-10-4-6-11(7-5-10)9-16-15(20)17-13(14(18)19)12-3-2-8-21-12/h2-3,8,10-11,13H,4-7,9H2,1H3,(H,18,19)(H2,16,17,20). The Morgan fingerprint density at radius 2 is 2.10 bits per heavy atom. The van der Waals surface area contributed by atoms with Crippen molar-refractivity contribution in [1.29, 1.82) is 0 Å². The summed E-state index contributed by atoms with van der Waals surface area (Å²) in [6.07, 6.45) is 4.69. The van der Waals surface area contributed by atoms with Gasteiger partial charge in [0, 0.05) is 11.4 Å². The van der Waals surface area contributed by atoms with Gasteiger partial charge in [0.15, 0.2) is 6.04 Å². The number of hydrogen-bond acceptors (Lipinski definition) is 3. The Kier molecular flexibility index (Phi) is 5.61. The number of amides is 2. The van der Waals surface area contributed by atoms with Crippen molar-refractivity contribution in [3.05, 3.63) is 22.4 Å². The number of rotatable bonds is 5. The molecule has 6 heteroatoms. The second-order valence-electron chi connectivity index (χ2n) is 5.77. The summed E-state index contributed by atoms with van der Waals surface area (Å²) in [4.78, 5) is 23.7. The summed E-state index contributed by atoms with van der Waals surface area (Å²) in [5.74, 6) is 0.251. The van der Waals surface area contributed by atoms with Gasteiger partial charge in [-0.05, 0) is 36.1 Å². The van der Waals surface area contributed by atoms with E-state index in [1.54, 1.807) is 17.5 Å². The van der Waals surface area contributed by atoms with Crippen LogP contribution in [0.2, 0.25) is 0 Å². The molecule has 0 aliphatic heterocycles. The molecular weight excluding hydrogens is 288 g/mol. The molecule has 0 aromatic carbocycles. The average Bonchev–Trinajstić information content (AvgIpc) is 2.97. The first-order chi connectivity index (χ1) is 10.1. The van der Waals surface area contributed by atoms with Crippen LogP contribution in [0.3, 0.4) is 0 Å². The first kappa shape index (κ1) is 15.8. The molecule has 21 heavy (non-hydrogen) atoms. The Hall–Kier alpha value is -1.56. The van der Waals surface area contributed by atoms with Crippen molar-refractivity contribution < 1.29 is 14.7 Å². The molecule has 1 aliphatic rings. The van der Waals surface area contributed by atoms with Crippen LogP contribution in [0, 0.1) is 11.8 Å². The average molecular weight is 310 g/mol. The molecule has 0 radical (unpaired) electrons. The summed E-state index contributed by atoms with van der Waals surface area (Å²) in [5.41, 5.74) is 0. The van der Waals surface area contributed by atoms with Gasteiger partial charge >= 0.3 is 12.0 Å². The normalized spacial score (nSPS) is 23.3. The Bertz CT molecular complexity index is 467. The molecule has 1 aliphatic carbocycles. The second-order valence-corrected chi connectivity index (χ2v) is 6.75. The van der Waals surface area contributed by atoms with Gasteiger partial charge in [-0.25, -0.2) is 9.59 Å². The molecule has 0 saturated heterocycles. The van der Waals surface area contributed by atoms with E-state index in [0.717, 1.165) is 18.8 Å². The number of carboxylic acid groups (broad SMARTS) is 1. The van der Waals surface area contributed by atoms with E-state index in [4.69, 9.17) is 0 Å². The summed E-state index contributed by atoms with van der Waals surface area (Å²) in [7, 11) is 0. The van der Waals surface area contributed by atoms with Gasteiger partial charge in [-0.15, -0.1) is 11.3 Å². The van der Waals surface area contributed by atoms with Crippen molar-refractivity contribution in [2.24, 2.45) is 11.8 Å². The van der Waals surface area contributed by atoms with Gasteiger partial charge in [0.2, 0.25) is 0 Å². The zero-order chi connectivity index (χ0) is 15.2. The lowest BCUT2D eigenvalue weighted by molar-refractivity contribution is -0.139. The fourth-order valence-electron chi connectivity index (χ4n) is 2.66. The highest BCUT2D eigenvalue weighted by Crippen LogP contribution is 2.27. The van der Waals surface area contributed by atoms with E-state index in [1.165, 1.54) is 24.2 Å². The maximum atomic E-state index is 11.9. The fraction of sp³-hybridized carbons (Fsp3) is 0.600. The lowest BCUT2D eigenvalue weighted by Crippen LogP contribution is -2.42. The molecule has 3 N–H and O–H groups in total. The molecule has 1 fully saturated rings. The van der Waals surface area contributed by atoms with E-state index >= 15 is 0 Å². The van der Waals surface area contributed by atoms with E-state index in [-0.39, 0.29) is 0 Å². The largest absolute Gasteiger partial charge is 0.479 e. The molecule has 0 bridgehead atoms. The van der Waals surface area contributed by atoms with E-state index in [0.29, 0.717) is 17.3 Å². The molecule has 2 amide bonds. The van der Waals surface area contributed by atoms with Crippen molar-refractivity contribution >= 4 is 23.3 Å². The van der Waals surface area contributed by atoms with Crippen LogP contribution in [0.15, 0.2) is 17.5 Å². The van der Waals surface area contributed by atoms with Gasteiger partial charge in [0.1, 0.15) is 0 Å². The lowest BCUT2D eigenvalue weighted by Gasteiger charge is -2.26. The van der Waals surface area contributed by atoms with Crippen LogP contribution >= 0.6 is 11.3 Å². The topological polar surface area (TPSA) is 78.4 Å². The fourth-order valence-corrected chi connectivity index (χ4v) is 3.43. The smallest absolute Gasteiger partial charge is 0.331 e. The van der Waals surface area contributed by atoms with Crippen LogP contribution < -0.4 is 10.6 Å². The molecule has 1 heterocycles. The number of carbonyl (C=O) groups is 2. The summed E-state index contributed by atoms with van der Waals surface area (Å²) in [6, 6.07) is 2.11. The number of carbonyl (C=O) groups excluding carboxylic acids is 1. The number of aliphatic carboxylic acids is 1. The summed E-state index contributed by atoms with van der Waals surface area (Å²) < 4.78 is 0. The maximum absolute atomic E-state index is 11.9. The lowest BCUT2D eigenvalue weighted by atomic mass is 9.83. The molecule has 1 saturated carbocycles. The quantitative estimate of drug-likeness (QED) is 0.782. The van der Waals surface area contributed by atoms with Crippen molar-refractivity contribution in [2.75, 3.05) is 6.54 Å². The first-order valence-corrected chi connectivity index (χ1v) is 8.24. The minimum atomic E-state index is -1.04. The highest BCUT2D eigenvalue weighted by molar-refractivity contribution is 7.10. The minimum absolute atomic E-state index is 0.408. The first-order valence-electron chi connectivity index (χ1n) is 7.37. The summed E-state index contributed by atoms with van der Waals surface area (Å²) >= 11 is 1.32. The van der Waals surface area contributed by atoms with E-state index in [1.807, 2.05) is 0 Å². The Balaban J connectivity index is 1.79. The number of nitrogens with one attached hydrogen (secondary N) is 2. The molecular formula is C15H22N2O3S. The van der Waals surface area contributed by atoms with Crippen LogP contribution in [0.25, 0.3) is 0 Å². The number of urea groups is 1. The van der Waals surface area contributed by atoms with E-state index in [9.17, 15) is 14.7 Å². The van der Waals surface area contributed by atoms with Crippen LogP contribution in [0.1, 0.15) is 43.5 Å². The second kappa shape index (κ2) is 7.45. The van der Waals surface area contributed by atoms with Crippen molar-refractivity contribution in [1.82, 2.24) is 10.6 Å². The molecule has 116 valence electrons. The van der Waals surface area contributed by atoms with Crippen LogP contribution in [0.5, 0.6) is 0 Å². The zero-order valence-corrected chi connectivity index (χ0v) is 13.0.